The zero-order chi connectivity index (χ0) is 16.2. The summed E-state index contributed by atoms with van der Waals surface area (Å²) in [6.45, 7) is 4.26. The first-order chi connectivity index (χ1) is 11.1. The molecule has 3 rings (SSSR count). The number of rotatable bonds is 4. The molecule has 0 bridgehead atoms. The summed E-state index contributed by atoms with van der Waals surface area (Å²) in [5.74, 6) is 0.364. The van der Waals surface area contributed by atoms with Gasteiger partial charge in [0.25, 0.3) is 0 Å². The summed E-state index contributed by atoms with van der Waals surface area (Å²) in [4.78, 5) is 22.2. The van der Waals surface area contributed by atoms with Crippen molar-refractivity contribution in [2.45, 2.75) is 16.8 Å². The first-order valence-corrected chi connectivity index (χ1v) is 8.03. The van der Waals surface area contributed by atoms with Crippen LogP contribution in [0.1, 0.15) is 5.56 Å². The Morgan fingerprint density at radius 2 is 1.91 bits per heavy atom. The summed E-state index contributed by atoms with van der Waals surface area (Å²) in [6, 6.07) is 7.80. The van der Waals surface area contributed by atoms with Crippen molar-refractivity contribution in [3.05, 3.63) is 46.3 Å². The van der Waals surface area contributed by atoms with Crippen molar-refractivity contribution in [1.82, 2.24) is 9.97 Å². The van der Waals surface area contributed by atoms with Crippen molar-refractivity contribution < 1.29 is 9.66 Å². The normalized spacial score (nSPS) is 14.7. The van der Waals surface area contributed by atoms with Gasteiger partial charge in [0.15, 0.2) is 5.03 Å². The lowest BCUT2D eigenvalue weighted by molar-refractivity contribution is -0.387. The average Bonchev–Trinajstić information content (AvgIpc) is 2.57. The summed E-state index contributed by atoms with van der Waals surface area (Å²) >= 11 is 1.28. The first kappa shape index (κ1) is 15.7. The van der Waals surface area contributed by atoms with Gasteiger partial charge in [0.1, 0.15) is 6.33 Å². The number of anilines is 1. The third-order valence-corrected chi connectivity index (χ3v) is 4.50. The third kappa shape index (κ3) is 3.59. The van der Waals surface area contributed by atoms with Gasteiger partial charge in [-0.1, -0.05) is 29.5 Å². The lowest BCUT2D eigenvalue weighted by atomic mass is 10.2. The summed E-state index contributed by atoms with van der Waals surface area (Å²) < 4.78 is 5.30. The van der Waals surface area contributed by atoms with Gasteiger partial charge < -0.3 is 9.64 Å². The van der Waals surface area contributed by atoms with Crippen molar-refractivity contribution in [3.63, 3.8) is 0 Å². The Morgan fingerprint density at radius 1 is 1.22 bits per heavy atom. The van der Waals surface area contributed by atoms with E-state index < -0.39 is 4.92 Å². The Balaban J connectivity index is 1.95. The van der Waals surface area contributed by atoms with Crippen LogP contribution in [0.3, 0.4) is 0 Å². The number of morpholine rings is 1. The van der Waals surface area contributed by atoms with Crippen LogP contribution in [0, 0.1) is 17.0 Å². The molecule has 1 aliphatic rings. The van der Waals surface area contributed by atoms with Crippen molar-refractivity contribution in [3.8, 4) is 0 Å². The highest BCUT2D eigenvalue weighted by molar-refractivity contribution is 7.99. The summed E-state index contributed by atoms with van der Waals surface area (Å²) in [6.07, 6.45) is 1.38. The van der Waals surface area contributed by atoms with E-state index >= 15 is 0 Å². The quantitative estimate of drug-likeness (QED) is 0.483. The van der Waals surface area contributed by atoms with Crippen LogP contribution in [-0.2, 0) is 4.74 Å². The Labute approximate surface area is 137 Å². The second-order valence-electron chi connectivity index (χ2n) is 5.12. The molecule has 0 amide bonds. The van der Waals surface area contributed by atoms with Crippen LogP contribution in [0.4, 0.5) is 11.5 Å². The van der Waals surface area contributed by atoms with E-state index in [1.54, 1.807) is 0 Å². The molecule has 0 atom stereocenters. The second-order valence-corrected chi connectivity index (χ2v) is 6.18. The van der Waals surface area contributed by atoms with E-state index in [2.05, 4.69) is 9.97 Å². The van der Waals surface area contributed by atoms with Gasteiger partial charge in [-0.3, -0.25) is 10.1 Å². The smallest absolute Gasteiger partial charge is 0.343 e. The SMILES string of the molecule is Cc1ccc(Sc2ncnc(N3CCOCC3)c2[N+](=O)[O-])cc1. The topological polar surface area (TPSA) is 81.4 Å². The van der Waals surface area contributed by atoms with Crippen LogP contribution in [0.25, 0.3) is 0 Å². The van der Waals surface area contributed by atoms with E-state index in [0.29, 0.717) is 37.1 Å². The second kappa shape index (κ2) is 6.93. The van der Waals surface area contributed by atoms with E-state index in [1.807, 2.05) is 36.1 Å². The molecule has 2 heterocycles. The number of aryl methyl sites for hydroxylation is 1. The van der Waals surface area contributed by atoms with Crippen LogP contribution >= 0.6 is 11.8 Å². The zero-order valence-electron chi connectivity index (χ0n) is 12.6. The van der Waals surface area contributed by atoms with Gasteiger partial charge in [0.05, 0.1) is 18.1 Å². The Hall–Kier alpha value is -2.19. The molecular weight excluding hydrogens is 316 g/mol. The minimum absolute atomic E-state index is 0.0417. The molecule has 8 heteroatoms. The molecule has 2 aromatic rings. The fourth-order valence-corrected chi connectivity index (χ4v) is 3.17. The molecule has 0 radical (unpaired) electrons. The summed E-state index contributed by atoms with van der Waals surface area (Å²) in [5.41, 5.74) is 1.10. The Bertz CT molecular complexity index is 702. The minimum Gasteiger partial charge on any atom is -0.378 e. The van der Waals surface area contributed by atoms with Crippen LogP contribution < -0.4 is 4.90 Å². The van der Waals surface area contributed by atoms with Gasteiger partial charge in [-0.25, -0.2) is 9.97 Å². The molecule has 1 fully saturated rings. The lowest BCUT2D eigenvalue weighted by Crippen LogP contribution is -2.37. The van der Waals surface area contributed by atoms with Gasteiger partial charge in [-0.05, 0) is 19.1 Å². The Kier molecular flexibility index (Phi) is 4.73. The molecule has 0 aliphatic carbocycles. The van der Waals surface area contributed by atoms with E-state index in [9.17, 15) is 10.1 Å². The summed E-state index contributed by atoms with van der Waals surface area (Å²) in [7, 11) is 0. The maximum absolute atomic E-state index is 11.6. The third-order valence-electron chi connectivity index (χ3n) is 3.50. The van der Waals surface area contributed by atoms with E-state index in [0.717, 1.165) is 10.5 Å². The first-order valence-electron chi connectivity index (χ1n) is 7.22. The van der Waals surface area contributed by atoms with Crippen LogP contribution in [0.5, 0.6) is 0 Å². The molecule has 1 saturated heterocycles. The molecule has 0 saturated carbocycles. The molecule has 0 N–H and O–H groups in total. The van der Waals surface area contributed by atoms with Gasteiger partial charge in [-0.2, -0.15) is 0 Å². The number of hydrogen-bond donors (Lipinski definition) is 0. The fraction of sp³-hybridized carbons (Fsp3) is 0.333. The van der Waals surface area contributed by atoms with Gasteiger partial charge >= 0.3 is 5.69 Å². The Morgan fingerprint density at radius 3 is 2.57 bits per heavy atom. The van der Waals surface area contributed by atoms with Crippen molar-refractivity contribution in [1.29, 1.82) is 0 Å². The van der Waals surface area contributed by atoms with Gasteiger partial charge in [-0.15, -0.1) is 0 Å². The highest BCUT2D eigenvalue weighted by atomic mass is 32.2. The monoisotopic (exact) mass is 332 g/mol. The van der Waals surface area contributed by atoms with Crippen molar-refractivity contribution in [2.24, 2.45) is 0 Å². The molecule has 1 aromatic heterocycles. The molecule has 1 aromatic carbocycles. The van der Waals surface area contributed by atoms with Gasteiger partial charge in [0.2, 0.25) is 5.82 Å². The average molecular weight is 332 g/mol. The molecule has 1 aliphatic heterocycles. The van der Waals surface area contributed by atoms with E-state index in [-0.39, 0.29) is 5.69 Å². The molecular formula is C15H16N4O3S. The molecule has 0 spiro atoms. The number of nitro groups is 1. The standard InChI is InChI=1S/C15H16N4O3S/c1-11-2-4-12(5-3-11)23-15-13(19(20)21)14(16-10-17-15)18-6-8-22-9-7-18/h2-5,10H,6-9H2,1H3. The largest absolute Gasteiger partial charge is 0.378 e. The van der Waals surface area contributed by atoms with E-state index in [4.69, 9.17) is 4.74 Å². The summed E-state index contributed by atoms with van der Waals surface area (Å²) in [5, 5.41) is 11.9. The molecule has 0 unspecified atom stereocenters. The van der Waals surface area contributed by atoms with Crippen LogP contribution in [-0.4, -0.2) is 41.2 Å². The predicted octanol–water partition coefficient (Wildman–Crippen LogP) is 2.68. The number of ether oxygens (including phenoxy) is 1. The minimum atomic E-state index is -0.401. The maximum atomic E-state index is 11.6. The molecule has 23 heavy (non-hydrogen) atoms. The molecule has 7 nitrogen and oxygen atoms in total. The number of aromatic nitrogens is 2. The number of benzene rings is 1. The van der Waals surface area contributed by atoms with Crippen LogP contribution in [0.15, 0.2) is 40.5 Å². The highest BCUT2D eigenvalue weighted by Crippen LogP contribution is 2.38. The number of hydrogen-bond acceptors (Lipinski definition) is 7. The fourth-order valence-electron chi connectivity index (χ4n) is 2.31. The van der Waals surface area contributed by atoms with E-state index in [1.165, 1.54) is 18.1 Å². The predicted molar refractivity (Wildman–Crippen MR) is 87.0 cm³/mol. The zero-order valence-corrected chi connectivity index (χ0v) is 13.5. The van der Waals surface area contributed by atoms with Crippen molar-refractivity contribution >= 4 is 23.3 Å². The highest BCUT2D eigenvalue weighted by Gasteiger charge is 2.28. The maximum Gasteiger partial charge on any atom is 0.343 e. The number of nitrogens with zero attached hydrogens (tertiary/aromatic N) is 4. The lowest BCUT2D eigenvalue weighted by Gasteiger charge is -2.27. The van der Waals surface area contributed by atoms with Gasteiger partial charge in [0, 0.05) is 18.0 Å². The van der Waals surface area contributed by atoms with Crippen LogP contribution in [0.2, 0.25) is 0 Å². The molecule has 120 valence electrons. The van der Waals surface area contributed by atoms with Crippen molar-refractivity contribution in [2.75, 3.05) is 31.2 Å².